The van der Waals surface area contributed by atoms with Crippen molar-refractivity contribution in [2.24, 2.45) is 11.7 Å². The van der Waals surface area contributed by atoms with Gasteiger partial charge in [-0.3, -0.25) is 0 Å². The summed E-state index contributed by atoms with van der Waals surface area (Å²) in [6, 6.07) is 0.432. The van der Waals surface area contributed by atoms with Crippen LogP contribution in [0.5, 0.6) is 0 Å². The average molecular weight is 197 g/mol. The van der Waals surface area contributed by atoms with Gasteiger partial charge in [-0.1, -0.05) is 32.8 Å². The van der Waals surface area contributed by atoms with Crippen LogP contribution in [0.4, 0.5) is 0 Å². The van der Waals surface area contributed by atoms with Crippen LogP contribution in [0.1, 0.15) is 58.8 Å². The molecule has 14 heavy (non-hydrogen) atoms. The fourth-order valence-corrected chi connectivity index (χ4v) is 1.56. The smallest absolute Gasteiger partial charge is 0.00389 e. The van der Waals surface area contributed by atoms with E-state index in [-0.39, 0.29) is 0 Å². The van der Waals surface area contributed by atoms with Crippen LogP contribution < -0.4 is 5.73 Å². The molecule has 0 aromatic heterocycles. The van der Waals surface area contributed by atoms with E-state index < -0.39 is 0 Å². The van der Waals surface area contributed by atoms with Crippen LogP contribution in [-0.4, -0.2) is 6.04 Å². The lowest BCUT2D eigenvalue weighted by molar-refractivity contribution is 0.462. The summed E-state index contributed by atoms with van der Waals surface area (Å²) in [5.74, 6) is 0.793. The molecule has 0 amide bonds. The van der Waals surface area contributed by atoms with Crippen molar-refractivity contribution < 1.29 is 0 Å². The van der Waals surface area contributed by atoms with Crippen molar-refractivity contribution in [2.75, 3.05) is 0 Å². The highest BCUT2D eigenvalue weighted by Crippen LogP contribution is 2.11. The van der Waals surface area contributed by atoms with E-state index in [0.29, 0.717) is 6.04 Å². The van der Waals surface area contributed by atoms with E-state index in [1.807, 2.05) is 6.08 Å². The van der Waals surface area contributed by atoms with Crippen LogP contribution in [0.15, 0.2) is 12.7 Å². The lowest BCUT2D eigenvalue weighted by Crippen LogP contribution is -2.20. The number of hydrogen-bond acceptors (Lipinski definition) is 1. The third-order valence-electron chi connectivity index (χ3n) is 2.60. The summed E-state index contributed by atoms with van der Waals surface area (Å²) < 4.78 is 0. The molecule has 2 N–H and O–H groups in total. The van der Waals surface area contributed by atoms with Crippen LogP contribution >= 0.6 is 0 Å². The van der Waals surface area contributed by atoms with Crippen LogP contribution in [0, 0.1) is 5.92 Å². The van der Waals surface area contributed by atoms with E-state index in [1.165, 1.54) is 38.5 Å². The molecular weight excluding hydrogens is 170 g/mol. The Labute approximate surface area is 89.8 Å². The highest BCUT2D eigenvalue weighted by Gasteiger charge is 2.03. The van der Waals surface area contributed by atoms with Gasteiger partial charge in [-0.05, 0) is 38.0 Å². The number of hydrogen-bond donors (Lipinski definition) is 1. The second-order valence-electron chi connectivity index (χ2n) is 4.66. The fraction of sp³-hybridized carbons (Fsp3) is 0.846. The van der Waals surface area contributed by atoms with Crippen LogP contribution in [0.3, 0.4) is 0 Å². The molecule has 0 aliphatic carbocycles. The Bertz CT molecular complexity index is 129. The molecular formula is C13H27N. The van der Waals surface area contributed by atoms with E-state index >= 15 is 0 Å². The van der Waals surface area contributed by atoms with E-state index in [0.717, 1.165) is 12.3 Å². The maximum Gasteiger partial charge on any atom is 0.00389 e. The van der Waals surface area contributed by atoms with Crippen molar-refractivity contribution in [3.63, 3.8) is 0 Å². The van der Waals surface area contributed by atoms with Crippen molar-refractivity contribution in [1.82, 2.24) is 0 Å². The monoisotopic (exact) mass is 197 g/mol. The van der Waals surface area contributed by atoms with Gasteiger partial charge in [-0.2, -0.15) is 0 Å². The standard InChI is InChI=1S/C13H27N/c1-4-5-6-7-8-9-13(14)11-10-12(2)3/h4,12-13H,1,5-11,14H2,2-3H3. The molecule has 1 nitrogen and oxygen atoms in total. The molecule has 0 bridgehead atoms. The largest absolute Gasteiger partial charge is 0.328 e. The topological polar surface area (TPSA) is 26.0 Å². The first kappa shape index (κ1) is 13.7. The van der Waals surface area contributed by atoms with Gasteiger partial charge < -0.3 is 5.73 Å². The number of nitrogens with two attached hydrogens (primary N) is 1. The summed E-state index contributed by atoms with van der Waals surface area (Å²) in [6.45, 7) is 8.24. The minimum absolute atomic E-state index is 0.432. The molecule has 1 atom stereocenters. The normalized spacial score (nSPS) is 13.1. The zero-order valence-electron chi connectivity index (χ0n) is 9.97. The van der Waals surface area contributed by atoms with E-state index in [1.54, 1.807) is 0 Å². The lowest BCUT2D eigenvalue weighted by atomic mass is 9.99. The van der Waals surface area contributed by atoms with Crippen molar-refractivity contribution in [2.45, 2.75) is 64.8 Å². The fourth-order valence-electron chi connectivity index (χ4n) is 1.56. The third kappa shape index (κ3) is 9.79. The first-order valence-corrected chi connectivity index (χ1v) is 6.03. The predicted octanol–water partition coefficient (Wildman–Crippen LogP) is 3.89. The molecule has 0 spiro atoms. The van der Waals surface area contributed by atoms with Crippen LogP contribution in [-0.2, 0) is 0 Å². The van der Waals surface area contributed by atoms with Gasteiger partial charge in [0.05, 0.1) is 0 Å². The molecule has 1 heteroatoms. The zero-order chi connectivity index (χ0) is 10.8. The first-order valence-electron chi connectivity index (χ1n) is 6.03. The van der Waals surface area contributed by atoms with Gasteiger partial charge >= 0.3 is 0 Å². The van der Waals surface area contributed by atoms with Crippen LogP contribution in [0.2, 0.25) is 0 Å². The number of rotatable bonds is 9. The molecule has 0 fully saturated rings. The molecule has 84 valence electrons. The van der Waals surface area contributed by atoms with Gasteiger partial charge in [0, 0.05) is 6.04 Å². The zero-order valence-corrected chi connectivity index (χ0v) is 9.97. The summed E-state index contributed by atoms with van der Waals surface area (Å²) in [7, 11) is 0. The highest BCUT2D eigenvalue weighted by molar-refractivity contribution is 4.67. The van der Waals surface area contributed by atoms with E-state index in [9.17, 15) is 0 Å². The first-order chi connectivity index (χ1) is 6.66. The second kappa shape index (κ2) is 9.26. The Balaban J connectivity index is 3.17. The number of allylic oxidation sites excluding steroid dienone is 1. The van der Waals surface area contributed by atoms with Gasteiger partial charge in [-0.25, -0.2) is 0 Å². The average Bonchev–Trinajstić information content (AvgIpc) is 2.14. The quantitative estimate of drug-likeness (QED) is 0.440. The SMILES string of the molecule is C=CCCCCCC(N)CCC(C)C. The van der Waals surface area contributed by atoms with Gasteiger partial charge in [0.1, 0.15) is 0 Å². The van der Waals surface area contributed by atoms with Gasteiger partial charge in [-0.15, -0.1) is 6.58 Å². The molecule has 0 heterocycles. The molecule has 1 unspecified atom stereocenters. The van der Waals surface area contributed by atoms with Crippen LogP contribution in [0.25, 0.3) is 0 Å². The Kier molecular flexibility index (Phi) is 9.06. The molecule has 0 aliphatic heterocycles. The number of unbranched alkanes of at least 4 members (excludes halogenated alkanes) is 3. The lowest BCUT2D eigenvalue weighted by Gasteiger charge is -2.12. The van der Waals surface area contributed by atoms with Gasteiger partial charge in [0.25, 0.3) is 0 Å². The Morgan fingerprint density at radius 3 is 2.36 bits per heavy atom. The summed E-state index contributed by atoms with van der Waals surface area (Å²) in [4.78, 5) is 0. The molecule has 0 aromatic rings. The Hall–Kier alpha value is -0.300. The molecule has 0 rings (SSSR count). The van der Waals surface area contributed by atoms with E-state index in [4.69, 9.17) is 5.73 Å². The summed E-state index contributed by atoms with van der Waals surface area (Å²) in [6.07, 6.45) is 10.7. The molecule has 0 saturated carbocycles. The van der Waals surface area contributed by atoms with Crippen molar-refractivity contribution >= 4 is 0 Å². The summed E-state index contributed by atoms with van der Waals surface area (Å²) in [5.41, 5.74) is 6.02. The molecule has 0 radical (unpaired) electrons. The summed E-state index contributed by atoms with van der Waals surface area (Å²) in [5, 5.41) is 0. The highest BCUT2D eigenvalue weighted by atomic mass is 14.6. The molecule has 0 aliphatic rings. The summed E-state index contributed by atoms with van der Waals surface area (Å²) >= 11 is 0. The molecule has 0 saturated heterocycles. The maximum atomic E-state index is 6.02. The van der Waals surface area contributed by atoms with Crippen molar-refractivity contribution in [1.29, 1.82) is 0 Å². The Morgan fingerprint density at radius 1 is 1.07 bits per heavy atom. The maximum absolute atomic E-state index is 6.02. The second-order valence-corrected chi connectivity index (χ2v) is 4.66. The minimum atomic E-state index is 0.432. The minimum Gasteiger partial charge on any atom is -0.328 e. The van der Waals surface area contributed by atoms with E-state index in [2.05, 4.69) is 20.4 Å². The van der Waals surface area contributed by atoms with Crippen molar-refractivity contribution in [3.05, 3.63) is 12.7 Å². The van der Waals surface area contributed by atoms with Gasteiger partial charge in [0.2, 0.25) is 0 Å². The van der Waals surface area contributed by atoms with Gasteiger partial charge in [0.15, 0.2) is 0 Å². The predicted molar refractivity (Wildman–Crippen MR) is 65.3 cm³/mol. The Morgan fingerprint density at radius 2 is 1.79 bits per heavy atom. The molecule has 0 aromatic carbocycles. The third-order valence-corrected chi connectivity index (χ3v) is 2.60. The van der Waals surface area contributed by atoms with Crippen molar-refractivity contribution in [3.8, 4) is 0 Å².